The number of benzene rings is 1. The maximum absolute atomic E-state index is 13.0. The number of hydrogen-bond acceptors (Lipinski definition) is 4. The topological polar surface area (TPSA) is 73.6 Å². The second kappa shape index (κ2) is 8.39. The summed E-state index contributed by atoms with van der Waals surface area (Å²) in [5.41, 5.74) is 1.40. The van der Waals surface area contributed by atoms with Crippen LogP contribution in [-0.4, -0.2) is 30.9 Å². The zero-order valence-electron chi connectivity index (χ0n) is 15.8. The molecule has 1 saturated heterocycles. The molecule has 0 radical (unpaired) electrons. The molecule has 1 aliphatic heterocycles. The third-order valence-corrected chi connectivity index (χ3v) is 4.79. The third kappa shape index (κ3) is 6.49. The SMILES string of the molecule is C[C@@H](OC[C@@]1(C)CC[C@@H](OC(N)=O)CN1)c1cc(C(F)(F)F)cc(C(F)(F)F)c1. The average Bonchev–Trinajstić information content (AvgIpc) is 2.60. The Morgan fingerprint density at radius 2 is 1.76 bits per heavy atom. The highest BCUT2D eigenvalue weighted by Gasteiger charge is 2.38. The molecule has 0 saturated carbocycles. The first-order valence-electron chi connectivity index (χ1n) is 8.82. The zero-order chi connectivity index (χ0) is 22.0. The molecule has 164 valence electrons. The Morgan fingerprint density at radius 3 is 2.17 bits per heavy atom. The maximum Gasteiger partial charge on any atom is 0.416 e. The van der Waals surface area contributed by atoms with E-state index in [1.165, 1.54) is 6.92 Å². The molecule has 0 aliphatic carbocycles. The number of alkyl halides is 6. The van der Waals surface area contributed by atoms with E-state index in [1.54, 1.807) is 6.92 Å². The lowest BCUT2D eigenvalue weighted by Crippen LogP contribution is -2.54. The quantitative estimate of drug-likeness (QED) is 0.682. The summed E-state index contributed by atoms with van der Waals surface area (Å²) in [5.74, 6) is 0. The van der Waals surface area contributed by atoms with Crippen LogP contribution in [0.1, 0.15) is 49.5 Å². The molecule has 11 heteroatoms. The number of nitrogens with two attached hydrogens (primary N) is 1. The van der Waals surface area contributed by atoms with E-state index >= 15 is 0 Å². The number of rotatable bonds is 5. The van der Waals surface area contributed by atoms with Gasteiger partial charge in [0.25, 0.3) is 0 Å². The summed E-state index contributed by atoms with van der Waals surface area (Å²) in [6.45, 7) is 3.53. The first kappa shape index (κ1) is 23.3. The molecule has 0 spiro atoms. The van der Waals surface area contributed by atoms with Crippen molar-refractivity contribution in [2.24, 2.45) is 5.73 Å². The number of amides is 1. The lowest BCUT2D eigenvalue weighted by atomic mass is 9.90. The van der Waals surface area contributed by atoms with Crippen molar-refractivity contribution in [3.63, 3.8) is 0 Å². The average molecular weight is 428 g/mol. The van der Waals surface area contributed by atoms with E-state index in [4.69, 9.17) is 15.2 Å². The van der Waals surface area contributed by atoms with Gasteiger partial charge in [0.1, 0.15) is 6.10 Å². The molecule has 29 heavy (non-hydrogen) atoms. The number of hydrogen-bond donors (Lipinski definition) is 2. The Hall–Kier alpha value is -2.01. The number of ether oxygens (including phenoxy) is 2. The monoisotopic (exact) mass is 428 g/mol. The van der Waals surface area contributed by atoms with Crippen molar-refractivity contribution in [1.82, 2.24) is 5.32 Å². The number of halogens is 6. The van der Waals surface area contributed by atoms with Crippen LogP contribution in [0.5, 0.6) is 0 Å². The van der Waals surface area contributed by atoms with Crippen LogP contribution < -0.4 is 11.1 Å². The fourth-order valence-electron chi connectivity index (χ4n) is 3.04. The van der Waals surface area contributed by atoms with Gasteiger partial charge in [0, 0.05) is 12.1 Å². The van der Waals surface area contributed by atoms with Crippen LogP contribution in [0.15, 0.2) is 18.2 Å². The van der Waals surface area contributed by atoms with Gasteiger partial charge in [-0.05, 0) is 50.5 Å². The van der Waals surface area contributed by atoms with Crippen LogP contribution in [-0.2, 0) is 21.8 Å². The van der Waals surface area contributed by atoms with E-state index in [0.717, 1.165) is 0 Å². The standard InChI is InChI=1S/C18H22F6N2O3/c1-10(28-9-16(2)4-3-14(8-26-16)29-15(25)27)11-5-12(17(19,20)21)7-13(6-11)18(22,23)24/h5-7,10,14,26H,3-4,8-9H2,1-2H3,(H2,25,27)/t10-,14-,16-/m1/s1. The van der Waals surface area contributed by atoms with Gasteiger partial charge in [0.15, 0.2) is 0 Å². The highest BCUT2D eigenvalue weighted by Crippen LogP contribution is 2.38. The van der Waals surface area contributed by atoms with Crippen molar-refractivity contribution in [3.8, 4) is 0 Å². The second-order valence-electron chi connectivity index (χ2n) is 7.33. The number of carbonyl (C=O) groups excluding carboxylic acids is 1. The molecule has 1 amide bonds. The zero-order valence-corrected chi connectivity index (χ0v) is 15.8. The number of carbonyl (C=O) groups is 1. The van der Waals surface area contributed by atoms with Gasteiger partial charge in [0.2, 0.25) is 0 Å². The second-order valence-corrected chi connectivity index (χ2v) is 7.33. The van der Waals surface area contributed by atoms with E-state index in [-0.39, 0.29) is 18.2 Å². The molecule has 0 bridgehead atoms. The van der Waals surface area contributed by atoms with E-state index < -0.39 is 47.3 Å². The maximum atomic E-state index is 13.0. The first-order chi connectivity index (χ1) is 13.2. The minimum absolute atomic E-state index is 0.0368. The third-order valence-electron chi connectivity index (χ3n) is 4.79. The Bertz CT molecular complexity index is 695. The van der Waals surface area contributed by atoms with E-state index in [1.807, 2.05) is 0 Å². The predicted octanol–water partition coefficient (Wildman–Crippen LogP) is 4.41. The highest BCUT2D eigenvalue weighted by molar-refractivity contribution is 5.64. The van der Waals surface area contributed by atoms with Crippen LogP contribution in [0.3, 0.4) is 0 Å². The van der Waals surface area contributed by atoms with Crippen molar-refractivity contribution in [1.29, 1.82) is 0 Å². The normalized spacial score (nSPS) is 24.2. The molecule has 3 N–H and O–H groups in total. The molecule has 0 aromatic heterocycles. The molecule has 2 rings (SSSR count). The van der Waals surface area contributed by atoms with Gasteiger partial charge < -0.3 is 20.5 Å². The molecule has 5 nitrogen and oxygen atoms in total. The van der Waals surface area contributed by atoms with Crippen LogP contribution in [0.25, 0.3) is 0 Å². The van der Waals surface area contributed by atoms with Crippen LogP contribution in [0.2, 0.25) is 0 Å². The summed E-state index contributed by atoms with van der Waals surface area (Å²) in [6.07, 6.45) is -11.1. The van der Waals surface area contributed by atoms with E-state index in [2.05, 4.69) is 5.32 Å². The van der Waals surface area contributed by atoms with Gasteiger partial charge in [0.05, 0.1) is 23.8 Å². The minimum Gasteiger partial charge on any atom is -0.445 e. The minimum atomic E-state index is -4.91. The van der Waals surface area contributed by atoms with Gasteiger partial charge in [-0.2, -0.15) is 26.3 Å². The fourth-order valence-corrected chi connectivity index (χ4v) is 3.04. The summed E-state index contributed by atoms with van der Waals surface area (Å²) in [7, 11) is 0. The van der Waals surface area contributed by atoms with Crippen molar-refractivity contribution in [3.05, 3.63) is 34.9 Å². The summed E-state index contributed by atoms with van der Waals surface area (Å²) in [6, 6.07) is 1.40. The lowest BCUT2D eigenvalue weighted by Gasteiger charge is -2.38. The molecule has 1 heterocycles. The fraction of sp³-hybridized carbons (Fsp3) is 0.611. The molecule has 1 fully saturated rings. The van der Waals surface area contributed by atoms with Gasteiger partial charge in [-0.15, -0.1) is 0 Å². The molecular formula is C18H22F6N2O3. The van der Waals surface area contributed by atoms with Gasteiger partial charge in [-0.25, -0.2) is 4.79 Å². The van der Waals surface area contributed by atoms with Crippen LogP contribution >= 0.6 is 0 Å². The van der Waals surface area contributed by atoms with Gasteiger partial charge >= 0.3 is 18.4 Å². The Labute approximate surface area is 163 Å². The largest absolute Gasteiger partial charge is 0.445 e. The van der Waals surface area contributed by atoms with Crippen molar-refractivity contribution < 1.29 is 40.6 Å². The molecule has 1 aromatic rings. The molecule has 0 unspecified atom stereocenters. The first-order valence-corrected chi connectivity index (χ1v) is 8.82. The van der Waals surface area contributed by atoms with Crippen molar-refractivity contribution in [2.45, 2.75) is 56.8 Å². The van der Waals surface area contributed by atoms with Gasteiger partial charge in [-0.3, -0.25) is 0 Å². The van der Waals surface area contributed by atoms with Crippen LogP contribution in [0, 0.1) is 0 Å². The Balaban J connectivity index is 2.09. The summed E-state index contributed by atoms with van der Waals surface area (Å²) >= 11 is 0. The smallest absolute Gasteiger partial charge is 0.416 e. The predicted molar refractivity (Wildman–Crippen MR) is 90.9 cm³/mol. The van der Waals surface area contributed by atoms with E-state index in [0.29, 0.717) is 31.5 Å². The molecule has 1 aliphatic rings. The van der Waals surface area contributed by atoms with Gasteiger partial charge in [-0.1, -0.05) is 0 Å². The molecular weight excluding hydrogens is 406 g/mol. The van der Waals surface area contributed by atoms with Crippen LogP contribution in [0.4, 0.5) is 31.1 Å². The Kier molecular flexibility index (Phi) is 6.73. The highest BCUT2D eigenvalue weighted by atomic mass is 19.4. The molecule has 1 aromatic carbocycles. The Morgan fingerprint density at radius 1 is 1.21 bits per heavy atom. The number of piperidine rings is 1. The van der Waals surface area contributed by atoms with E-state index in [9.17, 15) is 31.1 Å². The van der Waals surface area contributed by atoms with Crippen molar-refractivity contribution >= 4 is 6.09 Å². The summed E-state index contributed by atoms with van der Waals surface area (Å²) in [5, 5.41) is 3.11. The van der Waals surface area contributed by atoms with Crippen molar-refractivity contribution in [2.75, 3.05) is 13.2 Å². The lowest BCUT2D eigenvalue weighted by molar-refractivity contribution is -0.143. The summed E-state index contributed by atoms with van der Waals surface area (Å²) < 4.78 is 88.5. The number of nitrogens with one attached hydrogen (secondary N) is 1. The number of primary amides is 1. The summed E-state index contributed by atoms with van der Waals surface area (Å²) in [4.78, 5) is 10.8. The molecule has 3 atom stereocenters.